The van der Waals surface area contributed by atoms with Gasteiger partial charge < -0.3 is 15.4 Å². The lowest BCUT2D eigenvalue weighted by Crippen LogP contribution is -2.37. The van der Waals surface area contributed by atoms with Gasteiger partial charge in [0.15, 0.2) is 0 Å². The summed E-state index contributed by atoms with van der Waals surface area (Å²) in [5, 5.41) is 6.77. The second-order valence-electron chi connectivity index (χ2n) is 5.92. The van der Waals surface area contributed by atoms with Gasteiger partial charge in [-0.15, -0.1) is 0 Å². The zero-order valence-electron chi connectivity index (χ0n) is 13.3. The number of hydrogen-bond acceptors (Lipinski definition) is 3. The molecule has 1 fully saturated rings. The number of benzene rings is 1. The molecule has 1 aliphatic carbocycles. The molecular formula is C18H23N3O2. The summed E-state index contributed by atoms with van der Waals surface area (Å²) in [5.74, 6) is 0. The molecule has 1 saturated carbocycles. The van der Waals surface area contributed by atoms with Crippen LogP contribution in [0.2, 0.25) is 0 Å². The second kappa shape index (κ2) is 7.92. The summed E-state index contributed by atoms with van der Waals surface area (Å²) in [6.45, 7) is 1.63. The van der Waals surface area contributed by atoms with Crippen LogP contribution < -0.4 is 10.6 Å². The van der Waals surface area contributed by atoms with E-state index in [-0.39, 0.29) is 6.03 Å². The van der Waals surface area contributed by atoms with Crippen LogP contribution in [-0.2, 0) is 11.3 Å². The Hall–Kier alpha value is -2.14. The average molecular weight is 313 g/mol. The molecular weight excluding hydrogens is 290 g/mol. The van der Waals surface area contributed by atoms with Crippen LogP contribution in [0.4, 0.5) is 4.79 Å². The number of nitrogens with one attached hydrogen (secondary N) is 2. The predicted octanol–water partition coefficient (Wildman–Crippen LogP) is 2.99. The molecule has 0 unspecified atom stereocenters. The van der Waals surface area contributed by atoms with Crippen molar-refractivity contribution < 1.29 is 9.53 Å². The van der Waals surface area contributed by atoms with E-state index in [1.54, 1.807) is 6.20 Å². The monoisotopic (exact) mass is 313 g/mol. The molecule has 0 saturated heterocycles. The van der Waals surface area contributed by atoms with Crippen molar-refractivity contribution in [3.8, 4) is 0 Å². The van der Waals surface area contributed by atoms with Crippen molar-refractivity contribution in [1.82, 2.24) is 15.6 Å². The molecule has 122 valence electrons. The van der Waals surface area contributed by atoms with E-state index in [9.17, 15) is 4.79 Å². The number of aromatic nitrogens is 1. The Kier molecular flexibility index (Phi) is 5.42. The summed E-state index contributed by atoms with van der Waals surface area (Å²) in [6.07, 6.45) is 7.01. The molecule has 0 radical (unpaired) electrons. The van der Waals surface area contributed by atoms with Crippen molar-refractivity contribution in [2.45, 2.75) is 38.3 Å². The van der Waals surface area contributed by atoms with Gasteiger partial charge in [0.2, 0.25) is 0 Å². The summed E-state index contributed by atoms with van der Waals surface area (Å²) < 4.78 is 5.71. The standard InChI is InChI=1S/C18H23N3O2/c22-18(20-10-11-23-16-5-1-2-6-16)21-13-14-7-8-17-15(12-14)4-3-9-19-17/h3-4,7-9,12,16H,1-2,5-6,10-11,13H2,(H2,20,21,22). The van der Waals surface area contributed by atoms with Gasteiger partial charge in [-0.2, -0.15) is 0 Å². The summed E-state index contributed by atoms with van der Waals surface area (Å²) in [7, 11) is 0. The Labute approximate surface area is 136 Å². The molecule has 0 bridgehead atoms. The highest BCUT2D eigenvalue weighted by Gasteiger charge is 2.14. The van der Waals surface area contributed by atoms with Gasteiger partial charge in [-0.25, -0.2) is 4.79 Å². The van der Waals surface area contributed by atoms with Gasteiger partial charge in [0.05, 0.1) is 18.2 Å². The van der Waals surface area contributed by atoms with Crippen molar-refractivity contribution in [3.63, 3.8) is 0 Å². The van der Waals surface area contributed by atoms with Crippen molar-refractivity contribution in [2.24, 2.45) is 0 Å². The molecule has 23 heavy (non-hydrogen) atoms. The number of urea groups is 1. The average Bonchev–Trinajstić information content (AvgIpc) is 3.10. The first-order chi connectivity index (χ1) is 11.3. The van der Waals surface area contributed by atoms with Crippen molar-refractivity contribution in [2.75, 3.05) is 13.2 Å². The van der Waals surface area contributed by atoms with Crippen molar-refractivity contribution in [1.29, 1.82) is 0 Å². The summed E-state index contributed by atoms with van der Waals surface area (Å²) >= 11 is 0. The highest BCUT2D eigenvalue weighted by Crippen LogP contribution is 2.20. The first-order valence-electron chi connectivity index (χ1n) is 8.28. The molecule has 5 heteroatoms. The van der Waals surface area contributed by atoms with E-state index in [0.29, 0.717) is 25.8 Å². The van der Waals surface area contributed by atoms with Crippen LogP contribution >= 0.6 is 0 Å². The minimum Gasteiger partial charge on any atom is -0.376 e. The number of fused-ring (bicyclic) bond motifs is 1. The van der Waals surface area contributed by atoms with Gasteiger partial charge in [-0.3, -0.25) is 4.98 Å². The number of carbonyl (C=O) groups is 1. The lowest BCUT2D eigenvalue weighted by atomic mass is 10.1. The Morgan fingerprint density at radius 3 is 2.96 bits per heavy atom. The quantitative estimate of drug-likeness (QED) is 0.806. The molecule has 1 aromatic heterocycles. The number of rotatable bonds is 6. The van der Waals surface area contributed by atoms with Gasteiger partial charge >= 0.3 is 6.03 Å². The van der Waals surface area contributed by atoms with Crippen molar-refractivity contribution in [3.05, 3.63) is 42.1 Å². The third kappa shape index (κ3) is 4.66. The first-order valence-corrected chi connectivity index (χ1v) is 8.28. The highest BCUT2D eigenvalue weighted by molar-refractivity contribution is 5.79. The molecule has 1 aromatic carbocycles. The molecule has 5 nitrogen and oxygen atoms in total. The van der Waals surface area contributed by atoms with Gasteiger partial charge in [0.1, 0.15) is 0 Å². The van der Waals surface area contributed by atoms with E-state index in [4.69, 9.17) is 4.74 Å². The van der Waals surface area contributed by atoms with Crippen LogP contribution in [0.25, 0.3) is 10.9 Å². The van der Waals surface area contributed by atoms with E-state index in [2.05, 4.69) is 15.6 Å². The van der Waals surface area contributed by atoms with Gasteiger partial charge in [0.25, 0.3) is 0 Å². The molecule has 2 aromatic rings. The molecule has 0 atom stereocenters. The lowest BCUT2D eigenvalue weighted by molar-refractivity contribution is 0.0613. The van der Waals surface area contributed by atoms with Crippen molar-refractivity contribution >= 4 is 16.9 Å². The molecule has 2 amide bonds. The Morgan fingerprint density at radius 1 is 1.22 bits per heavy atom. The number of nitrogens with zero attached hydrogens (tertiary/aromatic N) is 1. The van der Waals surface area contributed by atoms with E-state index in [1.807, 2.05) is 30.3 Å². The smallest absolute Gasteiger partial charge is 0.315 e. The lowest BCUT2D eigenvalue weighted by Gasteiger charge is -2.12. The Bertz CT molecular complexity index is 654. The molecule has 1 heterocycles. The maximum absolute atomic E-state index is 11.8. The zero-order chi connectivity index (χ0) is 15.9. The topological polar surface area (TPSA) is 63.2 Å². The molecule has 0 spiro atoms. The zero-order valence-corrected chi connectivity index (χ0v) is 13.3. The van der Waals surface area contributed by atoms with E-state index >= 15 is 0 Å². The number of amides is 2. The molecule has 3 rings (SSSR count). The van der Waals surface area contributed by atoms with Gasteiger partial charge in [0, 0.05) is 24.7 Å². The first kappa shape index (κ1) is 15.7. The molecule has 1 aliphatic rings. The Morgan fingerprint density at radius 2 is 2.09 bits per heavy atom. The number of pyridine rings is 1. The molecule has 0 aliphatic heterocycles. The van der Waals surface area contributed by atoms with E-state index in [0.717, 1.165) is 29.3 Å². The Balaban J connectivity index is 1.37. The van der Waals surface area contributed by atoms with Gasteiger partial charge in [-0.05, 0) is 36.6 Å². The molecule has 2 N–H and O–H groups in total. The minimum absolute atomic E-state index is 0.161. The van der Waals surface area contributed by atoms with Crippen LogP contribution in [0.3, 0.4) is 0 Å². The van der Waals surface area contributed by atoms with Crippen LogP contribution in [-0.4, -0.2) is 30.3 Å². The summed E-state index contributed by atoms with van der Waals surface area (Å²) in [6, 6.07) is 9.78. The van der Waals surface area contributed by atoms with Crippen LogP contribution in [0.5, 0.6) is 0 Å². The predicted molar refractivity (Wildman–Crippen MR) is 90.2 cm³/mol. The highest BCUT2D eigenvalue weighted by atomic mass is 16.5. The maximum Gasteiger partial charge on any atom is 0.315 e. The third-order valence-electron chi connectivity index (χ3n) is 4.16. The van der Waals surface area contributed by atoms with Crippen LogP contribution in [0.15, 0.2) is 36.5 Å². The third-order valence-corrected chi connectivity index (χ3v) is 4.16. The SMILES string of the molecule is O=C(NCCOC1CCCC1)NCc1ccc2ncccc2c1. The van der Waals surface area contributed by atoms with E-state index in [1.165, 1.54) is 12.8 Å². The van der Waals surface area contributed by atoms with Gasteiger partial charge in [-0.1, -0.05) is 25.0 Å². The minimum atomic E-state index is -0.161. The number of carbonyl (C=O) groups excluding carboxylic acids is 1. The van der Waals surface area contributed by atoms with Crippen LogP contribution in [0, 0.1) is 0 Å². The number of ether oxygens (including phenoxy) is 1. The maximum atomic E-state index is 11.8. The number of hydrogen-bond donors (Lipinski definition) is 2. The van der Waals surface area contributed by atoms with E-state index < -0.39 is 0 Å². The largest absolute Gasteiger partial charge is 0.376 e. The normalized spacial score (nSPS) is 15.0. The summed E-state index contributed by atoms with van der Waals surface area (Å²) in [5.41, 5.74) is 2.02. The fraction of sp³-hybridized carbons (Fsp3) is 0.444. The fourth-order valence-electron chi connectivity index (χ4n) is 2.93. The summed E-state index contributed by atoms with van der Waals surface area (Å²) in [4.78, 5) is 16.1. The fourth-order valence-corrected chi connectivity index (χ4v) is 2.93. The second-order valence-corrected chi connectivity index (χ2v) is 5.92. The van der Waals surface area contributed by atoms with Crippen LogP contribution in [0.1, 0.15) is 31.2 Å².